The van der Waals surface area contributed by atoms with E-state index in [1.165, 1.54) is 5.57 Å². The van der Waals surface area contributed by atoms with Crippen molar-refractivity contribution in [3.05, 3.63) is 41.0 Å². The van der Waals surface area contributed by atoms with E-state index in [1.807, 2.05) is 26.0 Å². The van der Waals surface area contributed by atoms with Crippen LogP contribution >= 0.6 is 0 Å². The number of hydrogen-bond donors (Lipinski definition) is 2. The zero-order chi connectivity index (χ0) is 15.5. The Morgan fingerprint density at radius 3 is 2.29 bits per heavy atom. The average Bonchev–Trinajstić information content (AvgIpc) is 2.40. The molecule has 1 aromatic rings. The first-order valence-corrected chi connectivity index (χ1v) is 7.31. The second-order valence-corrected chi connectivity index (χ2v) is 6.32. The Morgan fingerprint density at radius 2 is 1.81 bits per heavy atom. The molecule has 1 heterocycles. The molecule has 0 radical (unpaired) electrons. The zero-order valence-electron chi connectivity index (χ0n) is 12.7. The van der Waals surface area contributed by atoms with Crippen molar-refractivity contribution in [3.8, 4) is 0 Å². The molecule has 1 saturated heterocycles. The average molecular weight is 289 g/mol. The quantitative estimate of drug-likeness (QED) is 0.894. The summed E-state index contributed by atoms with van der Waals surface area (Å²) >= 11 is 0. The standard InChI is InChI=1S/C17H23NO3/c1-17(2,21)12-18-9-7-14(8-10-18)11-13-3-5-15(6-4-13)16(19)20/h3-6,11,21H,7-10,12H2,1-2H3,(H,19,20). The van der Waals surface area contributed by atoms with E-state index in [0.29, 0.717) is 12.1 Å². The van der Waals surface area contributed by atoms with Crippen LogP contribution in [0, 0.1) is 0 Å². The van der Waals surface area contributed by atoms with Gasteiger partial charge in [-0.05, 0) is 44.4 Å². The fraction of sp³-hybridized carbons (Fsp3) is 0.471. The Labute approximate surface area is 125 Å². The second-order valence-electron chi connectivity index (χ2n) is 6.32. The summed E-state index contributed by atoms with van der Waals surface area (Å²) in [7, 11) is 0. The number of carboxylic acids is 1. The molecule has 0 atom stereocenters. The summed E-state index contributed by atoms with van der Waals surface area (Å²) in [6, 6.07) is 6.97. The molecule has 0 unspecified atom stereocenters. The predicted octanol–water partition coefficient (Wildman–Crippen LogP) is 2.63. The molecule has 0 bridgehead atoms. The summed E-state index contributed by atoms with van der Waals surface area (Å²) in [4.78, 5) is 13.1. The molecule has 0 amide bonds. The number of rotatable bonds is 4. The van der Waals surface area contributed by atoms with Crippen molar-refractivity contribution in [2.75, 3.05) is 19.6 Å². The van der Waals surface area contributed by atoms with E-state index in [2.05, 4.69) is 11.0 Å². The van der Waals surface area contributed by atoms with Gasteiger partial charge >= 0.3 is 5.97 Å². The smallest absolute Gasteiger partial charge is 0.335 e. The summed E-state index contributed by atoms with van der Waals surface area (Å²) in [5, 5.41) is 18.7. The van der Waals surface area contributed by atoms with Gasteiger partial charge in [-0.15, -0.1) is 0 Å². The van der Waals surface area contributed by atoms with Crippen molar-refractivity contribution < 1.29 is 15.0 Å². The lowest BCUT2D eigenvalue weighted by atomic mass is 9.99. The molecule has 0 spiro atoms. The van der Waals surface area contributed by atoms with Crippen molar-refractivity contribution in [2.45, 2.75) is 32.3 Å². The van der Waals surface area contributed by atoms with E-state index < -0.39 is 11.6 Å². The molecule has 4 nitrogen and oxygen atoms in total. The Bertz CT molecular complexity index is 516. The van der Waals surface area contributed by atoms with Crippen LogP contribution in [0.2, 0.25) is 0 Å². The molecular weight excluding hydrogens is 266 g/mol. The number of aromatic carboxylic acids is 1. The van der Waals surface area contributed by atoms with E-state index in [-0.39, 0.29) is 0 Å². The highest BCUT2D eigenvalue weighted by molar-refractivity contribution is 5.87. The van der Waals surface area contributed by atoms with E-state index in [1.54, 1.807) is 12.1 Å². The fourth-order valence-electron chi connectivity index (χ4n) is 2.65. The highest BCUT2D eigenvalue weighted by Gasteiger charge is 2.21. The van der Waals surface area contributed by atoms with Gasteiger partial charge in [0.2, 0.25) is 0 Å². The van der Waals surface area contributed by atoms with Gasteiger partial charge < -0.3 is 10.2 Å². The summed E-state index contributed by atoms with van der Waals surface area (Å²) in [6.07, 6.45) is 4.14. The van der Waals surface area contributed by atoms with E-state index in [4.69, 9.17) is 5.11 Å². The fourth-order valence-corrected chi connectivity index (χ4v) is 2.65. The zero-order valence-corrected chi connectivity index (χ0v) is 12.7. The summed E-state index contributed by atoms with van der Waals surface area (Å²) in [6.45, 7) is 6.30. The molecule has 0 saturated carbocycles. The van der Waals surface area contributed by atoms with Gasteiger partial charge in [0.15, 0.2) is 0 Å². The normalized spacial score (nSPS) is 16.8. The third-order valence-electron chi connectivity index (χ3n) is 3.64. The molecule has 4 heteroatoms. The number of nitrogens with zero attached hydrogens (tertiary/aromatic N) is 1. The van der Waals surface area contributed by atoms with Gasteiger partial charge in [0, 0.05) is 19.6 Å². The highest BCUT2D eigenvalue weighted by atomic mass is 16.4. The lowest BCUT2D eigenvalue weighted by Crippen LogP contribution is -2.41. The van der Waals surface area contributed by atoms with Crippen molar-refractivity contribution >= 4 is 12.0 Å². The molecule has 1 aliphatic heterocycles. The molecule has 0 aromatic heterocycles. The van der Waals surface area contributed by atoms with Crippen LogP contribution in [0.4, 0.5) is 0 Å². The van der Waals surface area contributed by atoms with Crippen LogP contribution < -0.4 is 0 Å². The van der Waals surface area contributed by atoms with E-state index >= 15 is 0 Å². The molecule has 0 aliphatic carbocycles. The number of piperidine rings is 1. The minimum absolute atomic E-state index is 0.317. The number of benzene rings is 1. The lowest BCUT2D eigenvalue weighted by Gasteiger charge is -2.32. The first-order valence-electron chi connectivity index (χ1n) is 7.31. The molecule has 2 rings (SSSR count). The summed E-state index contributed by atoms with van der Waals surface area (Å²) in [5.41, 5.74) is 2.10. The van der Waals surface area contributed by atoms with Crippen LogP contribution in [0.5, 0.6) is 0 Å². The Hall–Kier alpha value is -1.65. The van der Waals surface area contributed by atoms with Crippen LogP contribution in [0.3, 0.4) is 0 Å². The highest BCUT2D eigenvalue weighted by Crippen LogP contribution is 2.21. The molecule has 1 aliphatic rings. The molecule has 1 aromatic carbocycles. The largest absolute Gasteiger partial charge is 0.478 e. The maximum Gasteiger partial charge on any atom is 0.335 e. The van der Waals surface area contributed by atoms with Crippen molar-refractivity contribution in [3.63, 3.8) is 0 Å². The number of β-amino-alcohol motifs (C(OH)–C–C–N with tert-alkyl or cyclic N) is 1. The third-order valence-corrected chi connectivity index (χ3v) is 3.64. The topological polar surface area (TPSA) is 60.8 Å². The number of carboxylic acid groups (broad SMARTS) is 1. The molecule has 2 N–H and O–H groups in total. The summed E-state index contributed by atoms with van der Waals surface area (Å²) in [5.74, 6) is -0.894. The maximum atomic E-state index is 10.8. The van der Waals surface area contributed by atoms with Gasteiger partial charge in [0.05, 0.1) is 11.2 Å². The molecule has 21 heavy (non-hydrogen) atoms. The lowest BCUT2D eigenvalue weighted by molar-refractivity contribution is 0.0338. The van der Waals surface area contributed by atoms with Gasteiger partial charge in [-0.1, -0.05) is 23.8 Å². The van der Waals surface area contributed by atoms with E-state index in [9.17, 15) is 9.90 Å². The molecule has 1 fully saturated rings. The predicted molar refractivity (Wildman–Crippen MR) is 83.4 cm³/mol. The van der Waals surface area contributed by atoms with Gasteiger partial charge in [-0.3, -0.25) is 4.90 Å². The third kappa shape index (κ3) is 4.99. The number of carbonyl (C=O) groups is 1. The SMILES string of the molecule is CC(C)(O)CN1CCC(=Cc2ccc(C(=O)O)cc2)CC1. The van der Waals surface area contributed by atoms with Gasteiger partial charge in [-0.25, -0.2) is 4.79 Å². The van der Waals surface area contributed by atoms with Gasteiger partial charge in [0.25, 0.3) is 0 Å². The monoisotopic (exact) mass is 289 g/mol. The second kappa shape index (κ2) is 6.41. The number of aliphatic hydroxyl groups is 1. The van der Waals surface area contributed by atoms with Crippen LogP contribution in [0.15, 0.2) is 29.8 Å². The maximum absolute atomic E-state index is 10.8. The minimum Gasteiger partial charge on any atom is -0.478 e. The first kappa shape index (κ1) is 15.7. The van der Waals surface area contributed by atoms with Gasteiger partial charge in [0.1, 0.15) is 0 Å². The summed E-state index contributed by atoms with van der Waals surface area (Å²) < 4.78 is 0. The van der Waals surface area contributed by atoms with Crippen LogP contribution in [0.1, 0.15) is 42.6 Å². The minimum atomic E-state index is -0.894. The number of likely N-dealkylation sites (tertiary alicyclic amines) is 1. The van der Waals surface area contributed by atoms with Crippen molar-refractivity contribution in [2.24, 2.45) is 0 Å². The van der Waals surface area contributed by atoms with Crippen molar-refractivity contribution in [1.29, 1.82) is 0 Å². The van der Waals surface area contributed by atoms with Gasteiger partial charge in [-0.2, -0.15) is 0 Å². The molecule has 114 valence electrons. The number of hydrogen-bond acceptors (Lipinski definition) is 3. The van der Waals surface area contributed by atoms with Crippen LogP contribution in [-0.4, -0.2) is 46.3 Å². The Balaban J connectivity index is 1.93. The molecular formula is C17H23NO3. The van der Waals surface area contributed by atoms with Crippen LogP contribution in [0.25, 0.3) is 6.08 Å². The first-order chi connectivity index (χ1) is 9.83. The Morgan fingerprint density at radius 1 is 1.24 bits per heavy atom. The van der Waals surface area contributed by atoms with Crippen molar-refractivity contribution in [1.82, 2.24) is 4.90 Å². The van der Waals surface area contributed by atoms with Crippen LogP contribution in [-0.2, 0) is 0 Å². The Kier molecular flexibility index (Phi) is 4.80. The van der Waals surface area contributed by atoms with E-state index in [0.717, 1.165) is 31.5 Å².